The van der Waals surface area contributed by atoms with Crippen LogP contribution < -0.4 is 4.52 Å². The fraction of sp³-hybridized carbons (Fsp3) is 0.143. The molecule has 4 nitrogen and oxygen atoms in total. The molecule has 0 radical (unpaired) electrons. The molecule has 1 atom stereocenters. The maximum Gasteiger partial charge on any atom is 0.542 e. The van der Waals surface area contributed by atoms with Crippen molar-refractivity contribution in [1.82, 2.24) is 0 Å². The molecule has 0 saturated heterocycles. The van der Waals surface area contributed by atoms with Crippen LogP contribution in [0.5, 0.6) is 17.2 Å². The Bertz CT molecular complexity index is 610. The van der Waals surface area contributed by atoms with Crippen molar-refractivity contribution in [2.24, 2.45) is 0 Å². The molecule has 0 aliphatic carbocycles. The summed E-state index contributed by atoms with van der Waals surface area (Å²) < 4.78 is 15.7. The Labute approximate surface area is 112 Å². The molecule has 0 heterocycles. The van der Waals surface area contributed by atoms with Crippen LogP contribution in [0.15, 0.2) is 36.4 Å². The van der Waals surface area contributed by atoms with Crippen LogP contribution in [0.4, 0.5) is 0 Å². The Hall–Kier alpha value is -2.06. The Morgan fingerprint density at radius 1 is 1.16 bits per heavy atom. The van der Waals surface area contributed by atoms with Crippen molar-refractivity contribution in [1.29, 1.82) is 0 Å². The van der Waals surface area contributed by atoms with E-state index in [4.69, 9.17) is 4.52 Å². The average molecular weight is 277 g/mol. The lowest BCUT2D eigenvalue weighted by atomic mass is 9.96. The number of phenolic OH excluding ortho intramolecular Hbond substituents is 2. The molecule has 0 aromatic heterocycles. The zero-order valence-electron chi connectivity index (χ0n) is 10.4. The van der Waals surface area contributed by atoms with Crippen LogP contribution >= 0.6 is 8.69 Å². The second-order valence-electron chi connectivity index (χ2n) is 4.02. The summed E-state index contributed by atoms with van der Waals surface area (Å²) in [6.45, 7) is 1.94. The van der Waals surface area contributed by atoms with Gasteiger partial charge in [-0.25, -0.2) is 0 Å². The second kappa shape index (κ2) is 5.72. The van der Waals surface area contributed by atoms with Crippen molar-refractivity contribution in [3.05, 3.63) is 42.0 Å². The zero-order valence-corrected chi connectivity index (χ0v) is 11.4. The number of benzene rings is 2. The zero-order chi connectivity index (χ0) is 13.8. The Kier molecular flexibility index (Phi) is 4.03. The van der Waals surface area contributed by atoms with Crippen molar-refractivity contribution in [2.45, 2.75) is 13.3 Å². The third kappa shape index (κ3) is 2.69. The van der Waals surface area contributed by atoms with E-state index in [1.54, 1.807) is 12.1 Å². The molecule has 0 saturated carbocycles. The van der Waals surface area contributed by atoms with Gasteiger partial charge >= 0.3 is 8.69 Å². The summed E-state index contributed by atoms with van der Waals surface area (Å²) in [5.74, 6) is 0.678. The van der Waals surface area contributed by atoms with E-state index < -0.39 is 8.69 Å². The summed E-state index contributed by atoms with van der Waals surface area (Å²) in [5.41, 5.74) is 2.12. The highest BCUT2D eigenvalue weighted by Crippen LogP contribution is 2.38. The third-order valence-electron chi connectivity index (χ3n) is 2.91. The topological polar surface area (TPSA) is 66.8 Å². The Morgan fingerprint density at radius 3 is 2.63 bits per heavy atom. The minimum atomic E-state index is -0.878. The minimum absolute atomic E-state index is 0.0758. The van der Waals surface area contributed by atoms with Crippen molar-refractivity contribution < 1.29 is 19.3 Å². The molecular formula is C14H14O4P+. The molecule has 5 heteroatoms. The maximum absolute atomic E-state index is 10.7. The lowest BCUT2D eigenvalue weighted by Crippen LogP contribution is -1.92. The van der Waals surface area contributed by atoms with E-state index in [-0.39, 0.29) is 11.5 Å². The van der Waals surface area contributed by atoms with Crippen molar-refractivity contribution in [3.63, 3.8) is 0 Å². The summed E-state index contributed by atoms with van der Waals surface area (Å²) in [4.78, 5) is 0. The Balaban J connectivity index is 2.64. The summed E-state index contributed by atoms with van der Waals surface area (Å²) in [6, 6.07) is 9.67. The molecule has 0 fully saturated rings. The minimum Gasteiger partial charge on any atom is -0.508 e. The fourth-order valence-electron chi connectivity index (χ4n) is 2.06. The highest BCUT2D eigenvalue weighted by Gasteiger charge is 2.15. The predicted molar refractivity (Wildman–Crippen MR) is 74.2 cm³/mol. The van der Waals surface area contributed by atoms with E-state index in [0.29, 0.717) is 17.7 Å². The van der Waals surface area contributed by atoms with Gasteiger partial charge in [0.15, 0.2) is 5.75 Å². The largest absolute Gasteiger partial charge is 0.542 e. The van der Waals surface area contributed by atoms with E-state index in [9.17, 15) is 14.8 Å². The van der Waals surface area contributed by atoms with Gasteiger partial charge in [-0.3, -0.25) is 4.52 Å². The standard InChI is InChI=1S/C14H13O4P/c1-2-10-11(4-3-5-14(10)18-19-17)12-8-9(15)6-7-13(12)16/h3-8,19H,2H2,1H3,(H-,15,16)/p+1. The van der Waals surface area contributed by atoms with Gasteiger partial charge in [-0.1, -0.05) is 19.1 Å². The van der Waals surface area contributed by atoms with Gasteiger partial charge in [0.05, 0.1) is 0 Å². The second-order valence-corrected chi connectivity index (χ2v) is 4.39. The lowest BCUT2D eigenvalue weighted by molar-refractivity contribution is 0.462. The lowest BCUT2D eigenvalue weighted by Gasteiger charge is -2.11. The van der Waals surface area contributed by atoms with E-state index >= 15 is 0 Å². The highest BCUT2D eigenvalue weighted by molar-refractivity contribution is 7.17. The monoisotopic (exact) mass is 277 g/mol. The maximum atomic E-state index is 10.7. The SMILES string of the molecule is CCc1c(O[PH+]=O)cccc1-c1cc(O)ccc1O. The average Bonchev–Trinajstić information content (AvgIpc) is 2.41. The first-order chi connectivity index (χ1) is 9.17. The first-order valence-corrected chi connectivity index (χ1v) is 6.67. The predicted octanol–water partition coefficient (Wildman–Crippen LogP) is 3.65. The van der Waals surface area contributed by atoms with Gasteiger partial charge in [0.1, 0.15) is 11.5 Å². The van der Waals surface area contributed by atoms with Crippen LogP contribution in [0, 0.1) is 0 Å². The number of hydrogen-bond donors (Lipinski definition) is 2. The highest BCUT2D eigenvalue weighted by atomic mass is 31.1. The molecule has 0 aliphatic heterocycles. The molecule has 2 aromatic rings. The van der Waals surface area contributed by atoms with Gasteiger partial charge < -0.3 is 10.2 Å². The molecule has 0 spiro atoms. The summed E-state index contributed by atoms with van der Waals surface area (Å²) in [7, 11) is -0.878. The van der Waals surface area contributed by atoms with E-state index in [1.165, 1.54) is 18.2 Å². The van der Waals surface area contributed by atoms with Crippen LogP contribution in [0.25, 0.3) is 11.1 Å². The normalized spacial score (nSPS) is 10.6. The molecular weight excluding hydrogens is 263 g/mol. The first kappa shape index (κ1) is 13.4. The van der Waals surface area contributed by atoms with E-state index in [0.717, 1.165) is 11.1 Å². The van der Waals surface area contributed by atoms with Crippen molar-refractivity contribution in [2.75, 3.05) is 0 Å². The smallest absolute Gasteiger partial charge is 0.508 e. The van der Waals surface area contributed by atoms with Crippen LogP contribution in [0.2, 0.25) is 0 Å². The van der Waals surface area contributed by atoms with Crippen LogP contribution in [-0.2, 0) is 11.0 Å². The first-order valence-electron chi connectivity index (χ1n) is 5.85. The summed E-state index contributed by atoms with van der Waals surface area (Å²) in [6.07, 6.45) is 0.658. The summed E-state index contributed by atoms with van der Waals surface area (Å²) >= 11 is 0. The molecule has 2 rings (SSSR count). The van der Waals surface area contributed by atoms with E-state index in [2.05, 4.69) is 0 Å². The molecule has 2 aromatic carbocycles. The van der Waals surface area contributed by atoms with Crippen molar-refractivity contribution >= 4 is 8.69 Å². The van der Waals surface area contributed by atoms with Gasteiger partial charge in [0.2, 0.25) is 0 Å². The van der Waals surface area contributed by atoms with Gasteiger partial charge in [0, 0.05) is 11.1 Å². The molecule has 1 unspecified atom stereocenters. The van der Waals surface area contributed by atoms with Gasteiger partial charge in [-0.05, 0) is 40.8 Å². The fourth-order valence-corrected chi connectivity index (χ4v) is 2.34. The third-order valence-corrected chi connectivity index (χ3v) is 3.21. The molecule has 2 N–H and O–H groups in total. The van der Waals surface area contributed by atoms with Crippen LogP contribution in [0.3, 0.4) is 0 Å². The number of rotatable bonds is 4. The number of aromatic hydroxyl groups is 2. The van der Waals surface area contributed by atoms with Crippen LogP contribution in [-0.4, -0.2) is 10.2 Å². The van der Waals surface area contributed by atoms with Gasteiger partial charge in [0.25, 0.3) is 0 Å². The van der Waals surface area contributed by atoms with E-state index in [1.807, 2.05) is 13.0 Å². The van der Waals surface area contributed by atoms with Gasteiger partial charge in [-0.2, -0.15) is 0 Å². The quantitative estimate of drug-likeness (QED) is 0.661. The molecule has 0 amide bonds. The molecule has 0 aliphatic rings. The number of phenols is 2. The molecule has 19 heavy (non-hydrogen) atoms. The van der Waals surface area contributed by atoms with Gasteiger partial charge in [-0.15, -0.1) is 0 Å². The number of hydrogen-bond acceptors (Lipinski definition) is 4. The molecule has 0 bridgehead atoms. The van der Waals surface area contributed by atoms with Crippen molar-refractivity contribution in [3.8, 4) is 28.4 Å². The Morgan fingerprint density at radius 2 is 1.95 bits per heavy atom. The molecule has 98 valence electrons. The van der Waals surface area contributed by atoms with Crippen LogP contribution in [0.1, 0.15) is 12.5 Å². The summed E-state index contributed by atoms with van der Waals surface area (Å²) in [5, 5.41) is 19.5.